The first-order chi connectivity index (χ1) is 22.0. The molecule has 0 aliphatic carbocycles. The Morgan fingerprint density at radius 2 is 0.891 bits per heavy atom. The van der Waals surface area contributed by atoms with Gasteiger partial charge in [-0.05, 0) is 139 Å². The van der Waals surface area contributed by atoms with E-state index in [9.17, 15) is 21.0 Å². The maximum atomic E-state index is 9.74. The van der Waals surface area contributed by atoms with Crippen LogP contribution in [0.2, 0.25) is 0 Å². The van der Waals surface area contributed by atoms with Crippen LogP contribution in [0, 0.1) is 92.7 Å². The molecule has 2 aromatic rings. The number of hydrogen-bond acceptors (Lipinski definition) is 6. The molecule has 226 valence electrons. The van der Waals surface area contributed by atoms with E-state index in [1.54, 1.807) is 12.1 Å². The Morgan fingerprint density at radius 3 is 1.30 bits per heavy atom. The summed E-state index contributed by atoms with van der Waals surface area (Å²) in [5.74, 6) is 21.6. The molecule has 0 spiro atoms. The molecule has 0 aliphatic rings. The Hall–Kier alpha value is -6.28. The zero-order chi connectivity index (χ0) is 34.2. The van der Waals surface area contributed by atoms with E-state index >= 15 is 0 Å². The monoisotopic (exact) mass is 600 g/mol. The highest BCUT2D eigenvalue weighted by molar-refractivity contribution is 5.92. The lowest BCUT2D eigenvalue weighted by Gasteiger charge is -2.33. The Bertz CT molecular complexity index is 1850. The van der Waals surface area contributed by atoms with Gasteiger partial charge >= 0.3 is 0 Å². The van der Waals surface area contributed by atoms with Gasteiger partial charge in [0.2, 0.25) is 0 Å². The summed E-state index contributed by atoms with van der Waals surface area (Å²) in [7, 11) is 0. The Balaban J connectivity index is 2.43. The standard InChI is InChI=1S/C40H36N6/c1-29(2)45(30(3)4)37-21-17-33(18-22-37)15-13-11-9-10-12-14-16-39(35(25-41)26-42)40(36(27-43)28-44)34-19-23-38(24-20-34)46(31(5)6)32(7)8/h17-24,29-32H,1-8H3. The molecule has 0 aliphatic heterocycles. The minimum Gasteiger partial charge on any atom is -0.367 e. The number of anilines is 2. The first-order valence-corrected chi connectivity index (χ1v) is 14.9. The van der Waals surface area contributed by atoms with Crippen LogP contribution in [0.15, 0.2) is 65.3 Å². The van der Waals surface area contributed by atoms with Crippen molar-refractivity contribution in [2.45, 2.75) is 79.6 Å². The molecule has 6 heteroatoms. The topological polar surface area (TPSA) is 102 Å². The van der Waals surface area contributed by atoms with E-state index in [4.69, 9.17) is 0 Å². The summed E-state index contributed by atoms with van der Waals surface area (Å²) in [6, 6.07) is 23.9. The summed E-state index contributed by atoms with van der Waals surface area (Å²) in [6.45, 7) is 17.0. The molecule has 6 nitrogen and oxygen atoms in total. The average molecular weight is 601 g/mol. The second-order valence-corrected chi connectivity index (χ2v) is 11.2. The molecule has 0 saturated heterocycles. The molecule has 0 fully saturated rings. The van der Waals surface area contributed by atoms with Crippen LogP contribution in [0.4, 0.5) is 11.4 Å². The lowest BCUT2D eigenvalue weighted by atomic mass is 9.90. The van der Waals surface area contributed by atoms with E-state index in [0.29, 0.717) is 17.6 Å². The molecule has 0 N–H and O–H groups in total. The third-order valence-electron chi connectivity index (χ3n) is 6.75. The van der Waals surface area contributed by atoms with Gasteiger partial charge in [-0.3, -0.25) is 0 Å². The molecule has 0 radical (unpaired) electrons. The van der Waals surface area contributed by atoms with Gasteiger partial charge in [-0.15, -0.1) is 0 Å². The highest BCUT2D eigenvalue weighted by Gasteiger charge is 2.20. The average Bonchev–Trinajstić information content (AvgIpc) is 3.01. The van der Waals surface area contributed by atoms with Crippen molar-refractivity contribution in [2.24, 2.45) is 0 Å². The Kier molecular flexibility index (Phi) is 13.9. The number of nitriles is 4. The molecule has 0 unspecified atom stereocenters. The number of hydrogen-bond donors (Lipinski definition) is 0. The molecular formula is C40H36N6. The SMILES string of the molecule is CC(C)N(c1ccc(C#CC#CC#CC#CC(=C(C#N)C#N)C(=C(C#N)C#N)c2ccc(N(C(C)C)C(C)C)cc2)cc1)C(C)C. The molecule has 0 heterocycles. The molecule has 2 aromatic carbocycles. The van der Waals surface area contributed by atoms with Crippen LogP contribution >= 0.6 is 0 Å². The second kappa shape index (κ2) is 17.7. The zero-order valence-corrected chi connectivity index (χ0v) is 27.6. The third-order valence-corrected chi connectivity index (χ3v) is 6.75. The maximum Gasteiger partial charge on any atom is 0.145 e. The lowest BCUT2D eigenvalue weighted by molar-refractivity contribution is 0.608. The normalized spacial score (nSPS) is 9.30. The predicted molar refractivity (Wildman–Crippen MR) is 185 cm³/mol. The Morgan fingerprint density at radius 1 is 0.500 bits per heavy atom. The summed E-state index contributed by atoms with van der Waals surface area (Å²) < 4.78 is 0. The van der Waals surface area contributed by atoms with Crippen molar-refractivity contribution < 1.29 is 0 Å². The van der Waals surface area contributed by atoms with E-state index in [-0.39, 0.29) is 34.4 Å². The van der Waals surface area contributed by atoms with Gasteiger partial charge in [-0.25, -0.2) is 0 Å². The van der Waals surface area contributed by atoms with Crippen molar-refractivity contribution in [1.82, 2.24) is 0 Å². The third kappa shape index (κ3) is 9.62. The predicted octanol–water partition coefficient (Wildman–Crippen LogP) is 7.14. The van der Waals surface area contributed by atoms with Crippen LogP contribution in [0.3, 0.4) is 0 Å². The van der Waals surface area contributed by atoms with Crippen molar-refractivity contribution in [3.8, 4) is 71.6 Å². The summed E-state index contributed by atoms with van der Waals surface area (Å²) in [6.07, 6.45) is 0. The van der Waals surface area contributed by atoms with Crippen LogP contribution in [0.5, 0.6) is 0 Å². The number of benzene rings is 2. The van der Waals surface area contributed by atoms with Crippen molar-refractivity contribution in [3.63, 3.8) is 0 Å². The minimum atomic E-state index is -0.338. The fourth-order valence-corrected chi connectivity index (χ4v) is 5.16. The van der Waals surface area contributed by atoms with Crippen LogP contribution in [-0.2, 0) is 0 Å². The van der Waals surface area contributed by atoms with Crippen LogP contribution < -0.4 is 9.80 Å². The molecule has 0 amide bonds. The van der Waals surface area contributed by atoms with Crippen molar-refractivity contribution in [1.29, 1.82) is 21.0 Å². The Labute approximate surface area is 274 Å². The number of rotatable bonds is 8. The van der Waals surface area contributed by atoms with Crippen molar-refractivity contribution in [3.05, 3.63) is 76.4 Å². The van der Waals surface area contributed by atoms with Crippen LogP contribution in [-0.4, -0.2) is 24.2 Å². The van der Waals surface area contributed by atoms with Gasteiger partial charge in [-0.1, -0.05) is 18.1 Å². The van der Waals surface area contributed by atoms with Crippen LogP contribution in [0.1, 0.15) is 66.5 Å². The molecule has 2 rings (SSSR count). The van der Waals surface area contributed by atoms with E-state index in [0.717, 1.165) is 16.9 Å². The van der Waals surface area contributed by atoms with Gasteiger partial charge in [-0.2, -0.15) is 21.0 Å². The minimum absolute atomic E-state index is 0.0561. The summed E-state index contributed by atoms with van der Waals surface area (Å²) >= 11 is 0. The summed E-state index contributed by atoms with van der Waals surface area (Å²) in [4.78, 5) is 4.55. The lowest BCUT2D eigenvalue weighted by Crippen LogP contribution is -2.36. The highest BCUT2D eigenvalue weighted by atomic mass is 15.2. The summed E-state index contributed by atoms with van der Waals surface area (Å²) in [5.41, 5.74) is 2.81. The molecule has 46 heavy (non-hydrogen) atoms. The molecular weight excluding hydrogens is 564 g/mol. The van der Waals surface area contributed by atoms with Gasteiger partial charge in [0, 0.05) is 46.7 Å². The highest BCUT2D eigenvalue weighted by Crippen LogP contribution is 2.31. The van der Waals surface area contributed by atoms with E-state index in [2.05, 4.69) is 113 Å². The number of allylic oxidation sites excluding steroid dienone is 4. The largest absolute Gasteiger partial charge is 0.367 e. The first kappa shape index (κ1) is 35.9. The van der Waals surface area contributed by atoms with Gasteiger partial charge in [0.15, 0.2) is 0 Å². The maximum absolute atomic E-state index is 9.74. The molecule has 0 bridgehead atoms. The van der Waals surface area contributed by atoms with E-state index in [1.165, 1.54) is 0 Å². The van der Waals surface area contributed by atoms with Gasteiger partial charge in [0.25, 0.3) is 0 Å². The van der Waals surface area contributed by atoms with Gasteiger partial charge < -0.3 is 9.80 Å². The van der Waals surface area contributed by atoms with Gasteiger partial charge in [0.05, 0.1) is 5.57 Å². The molecule has 0 saturated carbocycles. The molecule has 0 atom stereocenters. The fourth-order valence-electron chi connectivity index (χ4n) is 5.16. The van der Waals surface area contributed by atoms with Crippen LogP contribution in [0.25, 0.3) is 5.57 Å². The number of nitrogens with zero attached hydrogens (tertiary/aromatic N) is 6. The van der Waals surface area contributed by atoms with Crippen molar-refractivity contribution in [2.75, 3.05) is 9.80 Å². The second-order valence-electron chi connectivity index (χ2n) is 11.2. The van der Waals surface area contributed by atoms with E-state index < -0.39 is 0 Å². The van der Waals surface area contributed by atoms with E-state index in [1.807, 2.05) is 60.7 Å². The van der Waals surface area contributed by atoms with Gasteiger partial charge in [0.1, 0.15) is 35.4 Å². The zero-order valence-electron chi connectivity index (χ0n) is 27.6. The molecule has 0 aromatic heterocycles. The quantitative estimate of drug-likeness (QED) is 0.181. The smallest absolute Gasteiger partial charge is 0.145 e. The fraction of sp³-hybridized carbons (Fsp3) is 0.300. The van der Waals surface area contributed by atoms with Crippen molar-refractivity contribution >= 4 is 16.9 Å². The first-order valence-electron chi connectivity index (χ1n) is 14.9. The summed E-state index contributed by atoms with van der Waals surface area (Å²) in [5, 5.41) is 38.8.